The monoisotopic (exact) mass is 370 g/mol. The van der Waals surface area contributed by atoms with E-state index in [0.717, 1.165) is 24.6 Å². The Kier molecular flexibility index (Phi) is 5.48. The van der Waals surface area contributed by atoms with E-state index in [4.69, 9.17) is 4.74 Å². The van der Waals surface area contributed by atoms with Crippen molar-refractivity contribution in [2.75, 3.05) is 37.7 Å². The molecule has 27 heavy (non-hydrogen) atoms. The number of nitrogens with zero attached hydrogens (tertiary/aromatic N) is 4. The van der Waals surface area contributed by atoms with Gasteiger partial charge in [-0.25, -0.2) is 9.78 Å². The number of amides is 1. The van der Waals surface area contributed by atoms with Crippen molar-refractivity contribution in [3.05, 3.63) is 46.9 Å². The van der Waals surface area contributed by atoms with Crippen molar-refractivity contribution in [2.45, 2.75) is 20.8 Å². The van der Waals surface area contributed by atoms with E-state index < -0.39 is 0 Å². The molecule has 2 aromatic rings. The van der Waals surface area contributed by atoms with Crippen LogP contribution in [0.2, 0.25) is 0 Å². The van der Waals surface area contributed by atoms with Gasteiger partial charge in [-0.15, -0.1) is 0 Å². The van der Waals surface area contributed by atoms with Crippen molar-refractivity contribution >= 4 is 17.7 Å². The maximum absolute atomic E-state index is 13.2. The summed E-state index contributed by atoms with van der Waals surface area (Å²) in [4.78, 5) is 33.8. The molecule has 0 saturated carbocycles. The van der Waals surface area contributed by atoms with Gasteiger partial charge in [0.25, 0.3) is 5.91 Å². The van der Waals surface area contributed by atoms with Crippen LogP contribution >= 0.6 is 0 Å². The third kappa shape index (κ3) is 3.54. The summed E-state index contributed by atoms with van der Waals surface area (Å²) < 4.78 is 6.90. The van der Waals surface area contributed by atoms with Gasteiger partial charge in [-0.1, -0.05) is 6.07 Å². The van der Waals surface area contributed by atoms with E-state index in [0.29, 0.717) is 36.5 Å². The predicted octanol–water partition coefficient (Wildman–Crippen LogP) is 2.18. The van der Waals surface area contributed by atoms with E-state index in [1.54, 1.807) is 24.7 Å². The molecule has 0 bridgehead atoms. The quantitative estimate of drug-likeness (QED) is 0.772. The summed E-state index contributed by atoms with van der Waals surface area (Å²) in [5, 5.41) is 0. The molecular formula is C20H26N4O3. The third-order valence-electron chi connectivity index (χ3n) is 5.15. The molecule has 7 nitrogen and oxygen atoms in total. The molecule has 1 saturated heterocycles. The van der Waals surface area contributed by atoms with Gasteiger partial charge < -0.3 is 19.1 Å². The van der Waals surface area contributed by atoms with E-state index in [1.807, 2.05) is 36.9 Å². The number of esters is 1. The smallest absolute Gasteiger partial charge is 0.355 e. The maximum Gasteiger partial charge on any atom is 0.355 e. The number of carbonyl (C=O) groups is 2. The molecule has 3 heterocycles. The van der Waals surface area contributed by atoms with Crippen molar-refractivity contribution in [1.29, 1.82) is 0 Å². The minimum atomic E-state index is -0.389. The van der Waals surface area contributed by atoms with E-state index in [2.05, 4.69) is 9.88 Å². The highest BCUT2D eigenvalue weighted by Crippen LogP contribution is 2.24. The second kappa shape index (κ2) is 7.82. The summed E-state index contributed by atoms with van der Waals surface area (Å²) in [5.74, 6) is 0.512. The molecule has 1 amide bonds. The van der Waals surface area contributed by atoms with Gasteiger partial charge >= 0.3 is 5.97 Å². The Hall–Kier alpha value is -2.83. The largest absolute Gasteiger partial charge is 0.461 e. The average Bonchev–Trinajstić information content (AvgIpc) is 2.91. The van der Waals surface area contributed by atoms with Gasteiger partial charge in [0.1, 0.15) is 11.5 Å². The first-order valence-corrected chi connectivity index (χ1v) is 9.24. The molecule has 1 aliphatic rings. The summed E-state index contributed by atoms with van der Waals surface area (Å²) in [6.45, 7) is 8.48. The van der Waals surface area contributed by atoms with Crippen LogP contribution in [0.1, 0.15) is 39.0 Å². The number of ether oxygens (including phenoxy) is 1. The van der Waals surface area contributed by atoms with E-state index in [1.165, 1.54) is 0 Å². The van der Waals surface area contributed by atoms with Crippen LogP contribution in [0.3, 0.4) is 0 Å². The van der Waals surface area contributed by atoms with Gasteiger partial charge in [0.15, 0.2) is 0 Å². The number of piperazine rings is 1. The highest BCUT2D eigenvalue weighted by atomic mass is 16.5. The van der Waals surface area contributed by atoms with Crippen LogP contribution in [-0.4, -0.2) is 59.1 Å². The zero-order chi connectivity index (χ0) is 19.6. The van der Waals surface area contributed by atoms with Gasteiger partial charge in [-0.3, -0.25) is 4.79 Å². The molecule has 1 aliphatic heterocycles. The SMILES string of the molecule is CCOC(=O)c1c(C)c(C(=O)N2CCN(c3ccccn3)CC2)c(C)n1C. The molecule has 0 unspecified atom stereocenters. The van der Waals surface area contributed by atoms with Crippen LogP contribution in [-0.2, 0) is 11.8 Å². The lowest BCUT2D eigenvalue weighted by molar-refractivity contribution is 0.0514. The fourth-order valence-electron chi connectivity index (χ4n) is 3.62. The Balaban J connectivity index is 1.77. The van der Waals surface area contributed by atoms with Crippen LogP contribution in [0.15, 0.2) is 24.4 Å². The van der Waals surface area contributed by atoms with Crippen molar-refractivity contribution in [3.8, 4) is 0 Å². The first kappa shape index (κ1) is 18.9. The number of carbonyl (C=O) groups excluding carboxylic acids is 2. The molecular weight excluding hydrogens is 344 g/mol. The molecule has 2 aromatic heterocycles. The Morgan fingerprint density at radius 1 is 1.15 bits per heavy atom. The molecule has 3 rings (SSSR count). The minimum Gasteiger partial charge on any atom is -0.461 e. The van der Waals surface area contributed by atoms with Crippen LogP contribution < -0.4 is 4.90 Å². The molecule has 0 spiro atoms. The summed E-state index contributed by atoms with van der Waals surface area (Å²) in [6, 6.07) is 5.84. The second-order valence-electron chi connectivity index (χ2n) is 6.68. The fraction of sp³-hybridized carbons (Fsp3) is 0.450. The standard InChI is InChI=1S/C20H26N4O3/c1-5-27-20(26)18-14(2)17(15(3)22(18)4)19(25)24-12-10-23(11-13-24)16-8-6-7-9-21-16/h6-9H,5,10-13H2,1-4H3. The lowest BCUT2D eigenvalue weighted by atomic mass is 10.1. The first-order chi connectivity index (χ1) is 13.0. The van der Waals surface area contributed by atoms with Crippen LogP contribution in [0.25, 0.3) is 0 Å². The Morgan fingerprint density at radius 2 is 1.85 bits per heavy atom. The topological polar surface area (TPSA) is 67.7 Å². The molecule has 0 aliphatic carbocycles. The summed E-state index contributed by atoms with van der Waals surface area (Å²) in [7, 11) is 1.80. The molecule has 0 radical (unpaired) electrons. The highest BCUT2D eigenvalue weighted by molar-refractivity contribution is 6.01. The highest BCUT2D eigenvalue weighted by Gasteiger charge is 2.30. The van der Waals surface area contributed by atoms with Crippen LogP contribution in [0, 0.1) is 13.8 Å². The van der Waals surface area contributed by atoms with E-state index in [-0.39, 0.29) is 11.9 Å². The van der Waals surface area contributed by atoms with Crippen molar-refractivity contribution < 1.29 is 14.3 Å². The van der Waals surface area contributed by atoms with Gasteiger partial charge in [-0.2, -0.15) is 0 Å². The number of anilines is 1. The van der Waals surface area contributed by atoms with Crippen molar-refractivity contribution in [2.24, 2.45) is 7.05 Å². The van der Waals surface area contributed by atoms with Crippen LogP contribution in [0.5, 0.6) is 0 Å². The third-order valence-corrected chi connectivity index (χ3v) is 5.15. The molecule has 0 atom stereocenters. The number of rotatable bonds is 4. The van der Waals surface area contributed by atoms with Gasteiger partial charge in [-0.05, 0) is 38.5 Å². The molecule has 144 valence electrons. The predicted molar refractivity (Wildman–Crippen MR) is 103 cm³/mol. The lowest BCUT2D eigenvalue weighted by Gasteiger charge is -2.35. The normalized spacial score (nSPS) is 14.4. The van der Waals surface area contributed by atoms with Crippen molar-refractivity contribution in [3.63, 3.8) is 0 Å². The van der Waals surface area contributed by atoms with E-state index >= 15 is 0 Å². The summed E-state index contributed by atoms with van der Waals surface area (Å²) >= 11 is 0. The van der Waals surface area contributed by atoms with Crippen molar-refractivity contribution in [1.82, 2.24) is 14.5 Å². The Morgan fingerprint density at radius 3 is 2.44 bits per heavy atom. The van der Waals surface area contributed by atoms with Gasteiger partial charge in [0.05, 0.1) is 12.2 Å². The number of hydrogen-bond donors (Lipinski definition) is 0. The van der Waals surface area contributed by atoms with Gasteiger partial charge in [0, 0.05) is 45.1 Å². The minimum absolute atomic E-state index is 0.0307. The molecule has 0 aromatic carbocycles. The first-order valence-electron chi connectivity index (χ1n) is 9.24. The zero-order valence-corrected chi connectivity index (χ0v) is 16.4. The molecule has 0 N–H and O–H groups in total. The van der Waals surface area contributed by atoms with Gasteiger partial charge in [0.2, 0.25) is 0 Å². The summed E-state index contributed by atoms with van der Waals surface area (Å²) in [5.41, 5.74) is 2.52. The van der Waals surface area contributed by atoms with Crippen LogP contribution in [0.4, 0.5) is 5.82 Å². The fourth-order valence-corrected chi connectivity index (χ4v) is 3.62. The lowest BCUT2D eigenvalue weighted by Crippen LogP contribution is -2.49. The maximum atomic E-state index is 13.2. The Labute approximate surface area is 159 Å². The number of hydrogen-bond acceptors (Lipinski definition) is 5. The van der Waals surface area contributed by atoms with E-state index in [9.17, 15) is 9.59 Å². The summed E-state index contributed by atoms with van der Waals surface area (Å²) in [6.07, 6.45) is 1.78. The Bertz CT molecular complexity index is 837. The number of pyridine rings is 1. The number of aromatic nitrogens is 2. The molecule has 7 heteroatoms. The average molecular weight is 370 g/mol. The molecule has 1 fully saturated rings. The zero-order valence-electron chi connectivity index (χ0n) is 16.4. The second-order valence-corrected chi connectivity index (χ2v) is 6.68.